The molecule has 0 bridgehead atoms. The Labute approximate surface area is 96.4 Å². The Kier molecular flexibility index (Phi) is 5.67. The highest BCUT2D eigenvalue weighted by Gasteiger charge is 2.03. The number of aliphatic hydroxyl groups excluding tert-OH is 1. The van der Waals surface area contributed by atoms with Gasteiger partial charge in [0.1, 0.15) is 0 Å². The summed E-state index contributed by atoms with van der Waals surface area (Å²) in [6.07, 6.45) is 0.488. The lowest BCUT2D eigenvalue weighted by molar-refractivity contribution is 0.0437. The first-order valence-corrected chi connectivity index (χ1v) is 5.57. The number of ether oxygens (including phenoxy) is 1. The fraction of sp³-hybridized carbons (Fsp3) is 0.500. The van der Waals surface area contributed by atoms with Crippen LogP contribution < -0.4 is 11.1 Å². The first-order chi connectivity index (χ1) is 7.72. The molecule has 4 heteroatoms. The number of nitrogens with one attached hydrogen (secondary N) is 1. The number of hydrogen-bond donors (Lipinski definition) is 3. The summed E-state index contributed by atoms with van der Waals surface area (Å²) in [5.41, 5.74) is 7.25. The number of anilines is 2. The highest BCUT2D eigenvalue weighted by atomic mass is 16.5. The summed E-state index contributed by atoms with van der Waals surface area (Å²) in [5, 5.41) is 12.7. The van der Waals surface area contributed by atoms with Crippen molar-refractivity contribution in [2.45, 2.75) is 19.4 Å². The second kappa shape index (κ2) is 7.09. The molecule has 1 atom stereocenters. The van der Waals surface area contributed by atoms with Crippen LogP contribution >= 0.6 is 0 Å². The summed E-state index contributed by atoms with van der Waals surface area (Å²) in [4.78, 5) is 0. The maximum atomic E-state index is 9.58. The van der Waals surface area contributed by atoms with Crippen LogP contribution in [0.15, 0.2) is 24.3 Å². The normalized spacial score (nSPS) is 12.4. The van der Waals surface area contributed by atoms with Gasteiger partial charge in [0.2, 0.25) is 0 Å². The van der Waals surface area contributed by atoms with E-state index in [1.54, 1.807) is 0 Å². The minimum atomic E-state index is -0.482. The average molecular weight is 224 g/mol. The lowest BCUT2D eigenvalue weighted by atomic mass is 10.2. The third-order valence-electron chi connectivity index (χ3n) is 2.11. The molecule has 0 aliphatic heterocycles. The number of rotatable bonds is 7. The van der Waals surface area contributed by atoms with Gasteiger partial charge < -0.3 is 20.9 Å². The van der Waals surface area contributed by atoms with Gasteiger partial charge in [-0.05, 0) is 30.7 Å². The Bertz CT molecular complexity index is 288. The van der Waals surface area contributed by atoms with E-state index in [1.807, 2.05) is 31.2 Å². The van der Waals surface area contributed by atoms with E-state index in [1.165, 1.54) is 0 Å². The number of aliphatic hydroxyl groups is 1. The third-order valence-corrected chi connectivity index (χ3v) is 2.11. The van der Waals surface area contributed by atoms with E-state index in [4.69, 9.17) is 10.5 Å². The van der Waals surface area contributed by atoms with Crippen LogP contribution in [0.3, 0.4) is 0 Å². The van der Waals surface area contributed by atoms with E-state index in [0.717, 1.165) is 17.8 Å². The number of benzene rings is 1. The first kappa shape index (κ1) is 12.8. The summed E-state index contributed by atoms with van der Waals surface area (Å²) in [6.45, 7) is 3.58. The molecule has 0 radical (unpaired) electrons. The van der Waals surface area contributed by atoms with Gasteiger partial charge in [0.05, 0.1) is 12.7 Å². The minimum absolute atomic E-state index is 0.371. The van der Waals surface area contributed by atoms with Crippen LogP contribution in [0.2, 0.25) is 0 Å². The summed E-state index contributed by atoms with van der Waals surface area (Å²) < 4.78 is 5.24. The van der Waals surface area contributed by atoms with Gasteiger partial charge in [-0.1, -0.05) is 6.92 Å². The molecule has 1 aromatic carbocycles. The molecule has 0 amide bonds. The Hall–Kier alpha value is -1.26. The predicted molar refractivity (Wildman–Crippen MR) is 66.5 cm³/mol. The van der Waals surface area contributed by atoms with Crippen molar-refractivity contribution >= 4 is 11.4 Å². The molecule has 1 rings (SSSR count). The summed E-state index contributed by atoms with van der Waals surface area (Å²) in [5.74, 6) is 0. The lowest BCUT2D eigenvalue weighted by Gasteiger charge is -2.13. The van der Waals surface area contributed by atoms with Crippen LogP contribution in [0.1, 0.15) is 13.3 Å². The molecule has 0 aliphatic rings. The minimum Gasteiger partial charge on any atom is -0.399 e. The van der Waals surface area contributed by atoms with E-state index in [0.29, 0.717) is 19.8 Å². The SMILES string of the molecule is CCCOCC(O)CNc1ccc(N)cc1. The zero-order valence-corrected chi connectivity index (χ0v) is 9.65. The topological polar surface area (TPSA) is 67.5 Å². The maximum Gasteiger partial charge on any atom is 0.0945 e. The molecular formula is C12H20N2O2. The van der Waals surface area contributed by atoms with Crippen LogP contribution in [0.5, 0.6) is 0 Å². The fourth-order valence-electron chi connectivity index (χ4n) is 1.26. The van der Waals surface area contributed by atoms with Crippen molar-refractivity contribution in [3.05, 3.63) is 24.3 Å². The Morgan fingerprint density at radius 2 is 2.06 bits per heavy atom. The molecule has 1 unspecified atom stereocenters. The molecule has 0 aromatic heterocycles. The molecule has 4 N–H and O–H groups in total. The van der Waals surface area contributed by atoms with Gasteiger partial charge in [0.25, 0.3) is 0 Å². The van der Waals surface area contributed by atoms with Gasteiger partial charge in [-0.3, -0.25) is 0 Å². The van der Waals surface area contributed by atoms with Crippen molar-refractivity contribution in [3.63, 3.8) is 0 Å². The van der Waals surface area contributed by atoms with Crippen molar-refractivity contribution in [1.82, 2.24) is 0 Å². The molecule has 0 saturated heterocycles. The zero-order chi connectivity index (χ0) is 11.8. The zero-order valence-electron chi connectivity index (χ0n) is 9.65. The fourth-order valence-corrected chi connectivity index (χ4v) is 1.26. The number of nitrogen functional groups attached to an aromatic ring is 1. The van der Waals surface area contributed by atoms with E-state index >= 15 is 0 Å². The average Bonchev–Trinajstić information content (AvgIpc) is 2.29. The van der Waals surface area contributed by atoms with Gasteiger partial charge in [-0.15, -0.1) is 0 Å². The van der Waals surface area contributed by atoms with Crippen LogP contribution in [-0.4, -0.2) is 31.0 Å². The third kappa shape index (κ3) is 5.00. The van der Waals surface area contributed by atoms with E-state index < -0.39 is 6.10 Å². The molecule has 0 fully saturated rings. The molecule has 90 valence electrons. The van der Waals surface area contributed by atoms with Crippen molar-refractivity contribution in [3.8, 4) is 0 Å². The molecule has 0 aliphatic carbocycles. The molecule has 1 aromatic rings. The van der Waals surface area contributed by atoms with Gasteiger partial charge in [0, 0.05) is 24.5 Å². The standard InChI is InChI=1S/C12H20N2O2/c1-2-7-16-9-12(15)8-14-11-5-3-10(13)4-6-11/h3-6,12,14-15H,2,7-9,13H2,1H3. The highest BCUT2D eigenvalue weighted by Crippen LogP contribution is 2.10. The van der Waals surface area contributed by atoms with Gasteiger partial charge in [0.15, 0.2) is 0 Å². The summed E-state index contributed by atoms with van der Waals surface area (Å²) in [7, 11) is 0. The second-order valence-electron chi connectivity index (χ2n) is 3.73. The molecule has 16 heavy (non-hydrogen) atoms. The molecule has 0 saturated carbocycles. The smallest absolute Gasteiger partial charge is 0.0945 e. The molecule has 0 heterocycles. The van der Waals surface area contributed by atoms with Crippen molar-refractivity contribution in [1.29, 1.82) is 0 Å². The predicted octanol–water partition coefficient (Wildman–Crippen LogP) is 1.47. The highest BCUT2D eigenvalue weighted by molar-refractivity contribution is 5.51. The van der Waals surface area contributed by atoms with E-state index in [-0.39, 0.29) is 0 Å². The molecule has 4 nitrogen and oxygen atoms in total. The van der Waals surface area contributed by atoms with E-state index in [9.17, 15) is 5.11 Å². The van der Waals surface area contributed by atoms with Crippen molar-refractivity contribution in [2.75, 3.05) is 30.8 Å². The summed E-state index contributed by atoms with van der Waals surface area (Å²) in [6, 6.07) is 7.41. The Morgan fingerprint density at radius 3 is 2.69 bits per heavy atom. The van der Waals surface area contributed by atoms with Crippen LogP contribution in [-0.2, 0) is 4.74 Å². The molecular weight excluding hydrogens is 204 g/mol. The Morgan fingerprint density at radius 1 is 1.38 bits per heavy atom. The van der Waals surface area contributed by atoms with Gasteiger partial charge in [-0.2, -0.15) is 0 Å². The number of hydrogen-bond acceptors (Lipinski definition) is 4. The van der Waals surface area contributed by atoms with Crippen LogP contribution in [0.4, 0.5) is 11.4 Å². The maximum absolute atomic E-state index is 9.58. The van der Waals surface area contributed by atoms with Crippen LogP contribution in [0.25, 0.3) is 0 Å². The van der Waals surface area contributed by atoms with Gasteiger partial charge in [-0.25, -0.2) is 0 Å². The van der Waals surface area contributed by atoms with E-state index in [2.05, 4.69) is 5.32 Å². The second-order valence-corrected chi connectivity index (χ2v) is 3.73. The molecule has 0 spiro atoms. The largest absolute Gasteiger partial charge is 0.399 e. The quantitative estimate of drug-likeness (QED) is 0.484. The number of nitrogens with two attached hydrogens (primary N) is 1. The van der Waals surface area contributed by atoms with Crippen molar-refractivity contribution < 1.29 is 9.84 Å². The monoisotopic (exact) mass is 224 g/mol. The first-order valence-electron chi connectivity index (χ1n) is 5.57. The van der Waals surface area contributed by atoms with Crippen molar-refractivity contribution in [2.24, 2.45) is 0 Å². The van der Waals surface area contributed by atoms with Gasteiger partial charge >= 0.3 is 0 Å². The Balaban J connectivity index is 2.20. The summed E-state index contributed by atoms with van der Waals surface area (Å²) >= 11 is 0. The lowest BCUT2D eigenvalue weighted by Crippen LogP contribution is -2.25. The van der Waals surface area contributed by atoms with Crippen LogP contribution in [0, 0.1) is 0 Å².